The topological polar surface area (TPSA) is 84.3 Å². The van der Waals surface area contributed by atoms with Crippen molar-refractivity contribution in [1.29, 1.82) is 0 Å². The standard InChI is InChI=1S/C8H6N3O2/c9-11-10-5-8(13)6-3-1-2-4-7(6)12/h1-5,12H/q-1. The van der Waals surface area contributed by atoms with Crippen LogP contribution in [0.15, 0.2) is 34.6 Å². The van der Waals surface area contributed by atoms with Crippen molar-refractivity contribution < 1.29 is 9.90 Å². The van der Waals surface area contributed by atoms with Gasteiger partial charge in [0.15, 0.2) is 5.78 Å². The SMILES string of the molecule is [N-]=NN=CC(=O)c1ccccc1O. The lowest BCUT2D eigenvalue weighted by atomic mass is 10.1. The molecule has 1 aromatic rings. The number of carbonyl (C=O) groups is 1. The van der Waals surface area contributed by atoms with E-state index in [4.69, 9.17) is 5.53 Å². The van der Waals surface area contributed by atoms with Crippen LogP contribution in [0.3, 0.4) is 0 Å². The maximum absolute atomic E-state index is 11.1. The summed E-state index contributed by atoms with van der Waals surface area (Å²) in [7, 11) is 0. The highest BCUT2D eigenvalue weighted by Gasteiger charge is 2.04. The summed E-state index contributed by atoms with van der Waals surface area (Å²) in [6.07, 6.45) is 0.815. The van der Waals surface area contributed by atoms with Crippen molar-refractivity contribution >= 4 is 12.0 Å². The molecule has 5 heteroatoms. The van der Waals surface area contributed by atoms with Crippen molar-refractivity contribution in [3.8, 4) is 5.75 Å². The third-order valence-corrected chi connectivity index (χ3v) is 1.40. The van der Waals surface area contributed by atoms with Gasteiger partial charge < -0.3 is 15.7 Å². The molecule has 0 spiro atoms. The summed E-state index contributed by atoms with van der Waals surface area (Å²) < 4.78 is 0. The van der Waals surface area contributed by atoms with Crippen LogP contribution in [0, 0.1) is 0 Å². The van der Waals surface area contributed by atoms with Crippen LogP contribution >= 0.6 is 0 Å². The van der Waals surface area contributed by atoms with E-state index in [1.807, 2.05) is 0 Å². The molecule has 1 aromatic carbocycles. The van der Waals surface area contributed by atoms with Crippen molar-refractivity contribution in [3.05, 3.63) is 35.4 Å². The summed E-state index contributed by atoms with van der Waals surface area (Å²) in [5.41, 5.74) is 8.06. The number of hydrogen-bond donors (Lipinski definition) is 1. The normalized spacial score (nSPS) is 10.2. The Bertz CT molecular complexity index is 360. The van der Waals surface area contributed by atoms with Gasteiger partial charge in [0.05, 0.1) is 5.56 Å². The second-order valence-corrected chi connectivity index (χ2v) is 2.22. The summed E-state index contributed by atoms with van der Waals surface area (Å²) >= 11 is 0. The Labute approximate surface area is 74.2 Å². The Morgan fingerprint density at radius 1 is 1.46 bits per heavy atom. The van der Waals surface area contributed by atoms with Crippen LogP contribution < -0.4 is 0 Å². The minimum atomic E-state index is -0.518. The zero-order valence-electron chi connectivity index (χ0n) is 6.58. The van der Waals surface area contributed by atoms with E-state index in [2.05, 4.69) is 10.3 Å². The summed E-state index contributed by atoms with van der Waals surface area (Å²) in [6.45, 7) is 0. The second-order valence-electron chi connectivity index (χ2n) is 2.22. The molecule has 0 radical (unpaired) electrons. The van der Waals surface area contributed by atoms with Crippen LogP contribution in [-0.4, -0.2) is 17.1 Å². The van der Waals surface area contributed by atoms with E-state index in [0.29, 0.717) is 0 Å². The number of phenols is 1. The highest BCUT2D eigenvalue weighted by Crippen LogP contribution is 2.15. The van der Waals surface area contributed by atoms with Gasteiger partial charge in [-0.15, -0.1) is 0 Å². The van der Waals surface area contributed by atoms with Gasteiger partial charge in [0, 0.05) is 0 Å². The van der Waals surface area contributed by atoms with Crippen LogP contribution in [0.25, 0.3) is 5.53 Å². The Hall–Kier alpha value is -2.04. The summed E-state index contributed by atoms with van der Waals surface area (Å²) in [4.78, 5) is 11.1. The van der Waals surface area contributed by atoms with Gasteiger partial charge in [0.1, 0.15) is 5.75 Å². The molecule has 0 aliphatic heterocycles. The average molecular weight is 176 g/mol. The molecule has 0 aromatic heterocycles. The number of phenolic OH excluding ortho intramolecular Hbond substituents is 1. The Kier molecular flexibility index (Phi) is 2.86. The molecule has 0 unspecified atom stereocenters. The quantitative estimate of drug-likeness (QED) is 0.328. The molecular formula is C8H6N3O2-. The monoisotopic (exact) mass is 176 g/mol. The number of aromatic hydroxyl groups is 1. The summed E-state index contributed by atoms with van der Waals surface area (Å²) in [5.74, 6) is -0.646. The molecule has 0 atom stereocenters. The molecular weight excluding hydrogens is 170 g/mol. The highest BCUT2D eigenvalue weighted by atomic mass is 16.3. The minimum absolute atomic E-state index is 0.120. The van der Waals surface area contributed by atoms with E-state index < -0.39 is 5.78 Å². The smallest absolute Gasteiger partial charge is 0.186 e. The molecule has 0 amide bonds. The van der Waals surface area contributed by atoms with Crippen molar-refractivity contribution in [3.63, 3.8) is 0 Å². The van der Waals surface area contributed by atoms with Gasteiger partial charge in [-0.25, -0.2) is 0 Å². The van der Waals surface area contributed by atoms with Crippen LogP contribution in [-0.2, 0) is 0 Å². The molecule has 13 heavy (non-hydrogen) atoms. The van der Waals surface area contributed by atoms with Crippen molar-refractivity contribution in [2.24, 2.45) is 10.3 Å². The van der Waals surface area contributed by atoms with Crippen LogP contribution in [0.1, 0.15) is 10.4 Å². The molecule has 0 aliphatic rings. The Balaban J connectivity index is 2.95. The first-order valence-corrected chi connectivity index (χ1v) is 3.45. The third-order valence-electron chi connectivity index (χ3n) is 1.40. The van der Waals surface area contributed by atoms with E-state index in [-0.39, 0.29) is 11.3 Å². The number of carbonyl (C=O) groups excluding carboxylic acids is 1. The van der Waals surface area contributed by atoms with Gasteiger partial charge in [-0.3, -0.25) is 10.0 Å². The number of Topliss-reactive ketones (excluding diaryl/α,β-unsaturated/α-hetero) is 1. The fourth-order valence-corrected chi connectivity index (χ4v) is 0.830. The van der Waals surface area contributed by atoms with Crippen molar-refractivity contribution in [2.75, 3.05) is 0 Å². The number of hydrogen-bond acceptors (Lipinski definition) is 3. The lowest BCUT2D eigenvalue weighted by Gasteiger charge is -1.98. The van der Waals surface area contributed by atoms with E-state index in [1.165, 1.54) is 12.1 Å². The van der Waals surface area contributed by atoms with Gasteiger partial charge in [-0.2, -0.15) is 0 Å². The van der Waals surface area contributed by atoms with E-state index in [1.54, 1.807) is 12.1 Å². The number of ketones is 1. The van der Waals surface area contributed by atoms with Gasteiger partial charge >= 0.3 is 0 Å². The summed E-state index contributed by atoms with van der Waals surface area (Å²) in [5, 5.41) is 14.6. The van der Waals surface area contributed by atoms with Gasteiger partial charge in [0.25, 0.3) is 0 Å². The molecule has 5 nitrogen and oxygen atoms in total. The molecule has 0 fully saturated rings. The molecule has 0 bridgehead atoms. The van der Waals surface area contributed by atoms with Gasteiger partial charge in [-0.05, 0) is 18.3 Å². The molecule has 0 saturated heterocycles. The third kappa shape index (κ3) is 2.19. The zero-order chi connectivity index (χ0) is 9.68. The molecule has 66 valence electrons. The van der Waals surface area contributed by atoms with Gasteiger partial charge in [0.2, 0.25) is 0 Å². The predicted molar refractivity (Wildman–Crippen MR) is 46.7 cm³/mol. The van der Waals surface area contributed by atoms with E-state index in [0.717, 1.165) is 6.21 Å². The molecule has 0 heterocycles. The lowest BCUT2D eigenvalue weighted by Crippen LogP contribution is -1.99. The maximum Gasteiger partial charge on any atom is 0.186 e. The fraction of sp³-hybridized carbons (Fsp3) is 0. The van der Waals surface area contributed by atoms with Crippen LogP contribution in [0.5, 0.6) is 5.75 Å². The average Bonchev–Trinajstić information content (AvgIpc) is 2.15. The maximum atomic E-state index is 11.1. The number of para-hydroxylation sites is 1. The van der Waals surface area contributed by atoms with Gasteiger partial charge in [-0.1, -0.05) is 12.1 Å². The van der Waals surface area contributed by atoms with E-state index >= 15 is 0 Å². The lowest BCUT2D eigenvalue weighted by molar-refractivity contribution is 0.106. The number of rotatable bonds is 3. The predicted octanol–water partition coefficient (Wildman–Crippen LogP) is 1.58. The Morgan fingerprint density at radius 2 is 2.15 bits per heavy atom. The first kappa shape index (κ1) is 9.05. The number of nitrogens with zero attached hydrogens (tertiary/aromatic N) is 3. The van der Waals surface area contributed by atoms with Crippen LogP contribution in [0.4, 0.5) is 0 Å². The molecule has 0 saturated carbocycles. The first-order chi connectivity index (χ1) is 6.25. The molecule has 1 N–H and O–H groups in total. The van der Waals surface area contributed by atoms with Crippen molar-refractivity contribution in [1.82, 2.24) is 0 Å². The summed E-state index contributed by atoms with van der Waals surface area (Å²) in [6, 6.07) is 6.04. The Morgan fingerprint density at radius 3 is 2.77 bits per heavy atom. The molecule has 0 aliphatic carbocycles. The zero-order valence-corrected chi connectivity index (χ0v) is 6.58. The molecule has 1 rings (SSSR count). The number of benzene rings is 1. The fourth-order valence-electron chi connectivity index (χ4n) is 0.830. The van der Waals surface area contributed by atoms with E-state index in [9.17, 15) is 9.90 Å². The first-order valence-electron chi connectivity index (χ1n) is 3.45. The second kappa shape index (κ2) is 4.10. The largest absolute Gasteiger partial charge is 0.507 e. The van der Waals surface area contributed by atoms with Crippen molar-refractivity contribution in [2.45, 2.75) is 0 Å². The highest BCUT2D eigenvalue weighted by molar-refractivity contribution is 6.36. The minimum Gasteiger partial charge on any atom is -0.507 e. The van der Waals surface area contributed by atoms with Crippen LogP contribution in [0.2, 0.25) is 0 Å².